The maximum Gasteiger partial charge on any atom is 0.275 e. The van der Waals surface area contributed by atoms with Crippen molar-refractivity contribution in [3.8, 4) is 22.6 Å². The van der Waals surface area contributed by atoms with Gasteiger partial charge in [0.2, 0.25) is 0 Å². The Bertz CT molecular complexity index is 1230. The van der Waals surface area contributed by atoms with E-state index in [1.807, 2.05) is 65.4 Å². The van der Waals surface area contributed by atoms with Gasteiger partial charge in [0.1, 0.15) is 16.8 Å². The number of hydrogen-bond donors (Lipinski definition) is 1. The van der Waals surface area contributed by atoms with Gasteiger partial charge in [-0.05, 0) is 36.2 Å². The summed E-state index contributed by atoms with van der Waals surface area (Å²) in [6.45, 7) is 5.36. The topological polar surface area (TPSA) is 72.4 Å². The first-order valence-corrected chi connectivity index (χ1v) is 11.0. The van der Waals surface area contributed by atoms with Gasteiger partial charge >= 0.3 is 0 Å². The van der Waals surface area contributed by atoms with E-state index in [1.54, 1.807) is 0 Å². The van der Waals surface area contributed by atoms with Gasteiger partial charge in [-0.25, -0.2) is 4.98 Å². The van der Waals surface area contributed by atoms with Gasteiger partial charge in [-0.15, -0.1) is 0 Å². The van der Waals surface area contributed by atoms with Crippen LogP contribution in [0.4, 0.5) is 0 Å². The van der Waals surface area contributed by atoms with Gasteiger partial charge in [0.15, 0.2) is 0 Å². The average molecular weight is 431 g/mol. The van der Waals surface area contributed by atoms with Crippen LogP contribution in [0.3, 0.4) is 0 Å². The molecule has 7 heteroatoms. The summed E-state index contributed by atoms with van der Waals surface area (Å²) in [5, 5.41) is 0. The molecule has 2 aromatic heterocycles. The minimum atomic E-state index is -0.162. The van der Waals surface area contributed by atoms with Crippen molar-refractivity contribution in [2.24, 2.45) is 0 Å². The number of fused-ring (bicyclic) bond motifs is 1. The van der Waals surface area contributed by atoms with Crippen LogP contribution in [-0.2, 0) is 4.74 Å². The molecule has 1 fully saturated rings. The Hall–Kier alpha value is -3.42. The van der Waals surface area contributed by atoms with Gasteiger partial charge in [-0.1, -0.05) is 30.3 Å². The van der Waals surface area contributed by atoms with Crippen molar-refractivity contribution in [3.63, 3.8) is 0 Å². The Kier molecular flexibility index (Phi) is 6.00. The van der Waals surface area contributed by atoms with Crippen LogP contribution in [0.15, 0.2) is 71.9 Å². The fourth-order valence-electron chi connectivity index (χ4n) is 4.11. The fourth-order valence-corrected chi connectivity index (χ4v) is 4.11. The molecule has 1 saturated heterocycles. The second-order valence-corrected chi connectivity index (χ2v) is 7.86. The zero-order valence-electron chi connectivity index (χ0n) is 17.9. The number of H-pyrrole nitrogens is 1. The molecule has 0 atom stereocenters. The van der Waals surface area contributed by atoms with Crippen molar-refractivity contribution in [3.05, 3.63) is 77.5 Å². The second-order valence-electron chi connectivity index (χ2n) is 7.86. The predicted octanol–water partition coefficient (Wildman–Crippen LogP) is 3.48. The summed E-state index contributed by atoms with van der Waals surface area (Å²) in [6.07, 6.45) is 4.41. The van der Waals surface area contributed by atoms with Crippen LogP contribution in [0.25, 0.3) is 27.8 Å². The van der Waals surface area contributed by atoms with Crippen molar-refractivity contribution in [2.75, 3.05) is 39.5 Å². The number of nitrogens with zero attached hydrogens (tertiary/aromatic N) is 3. The lowest BCUT2D eigenvalue weighted by Crippen LogP contribution is -2.37. The lowest BCUT2D eigenvalue weighted by Gasteiger charge is -2.26. The number of ether oxygens (including phenoxy) is 2. The van der Waals surface area contributed by atoms with E-state index in [-0.39, 0.29) is 5.56 Å². The van der Waals surface area contributed by atoms with Crippen molar-refractivity contribution in [2.45, 2.75) is 6.42 Å². The molecule has 1 aliphatic heterocycles. The maximum absolute atomic E-state index is 12.6. The molecule has 2 aromatic carbocycles. The summed E-state index contributed by atoms with van der Waals surface area (Å²) >= 11 is 0. The number of hydrogen-bond acceptors (Lipinski definition) is 5. The number of nitrogens with one attached hydrogen (secondary N) is 1. The number of aromatic amines is 1. The van der Waals surface area contributed by atoms with Gasteiger partial charge < -0.3 is 19.0 Å². The molecule has 4 aromatic rings. The second kappa shape index (κ2) is 9.38. The van der Waals surface area contributed by atoms with Crippen LogP contribution in [0, 0.1) is 0 Å². The van der Waals surface area contributed by atoms with Gasteiger partial charge in [0, 0.05) is 37.1 Å². The van der Waals surface area contributed by atoms with E-state index in [2.05, 4.69) is 14.9 Å². The Labute approximate surface area is 186 Å². The normalized spacial score (nSPS) is 14.6. The molecule has 1 aliphatic rings. The van der Waals surface area contributed by atoms with Crippen molar-refractivity contribution >= 4 is 11.0 Å². The molecular formula is C25H26N4O3. The molecule has 0 spiro atoms. The maximum atomic E-state index is 12.6. The number of morpholine rings is 1. The summed E-state index contributed by atoms with van der Waals surface area (Å²) in [5.41, 5.74) is 3.87. The molecule has 0 saturated carbocycles. The number of rotatable bonds is 7. The highest BCUT2D eigenvalue weighted by atomic mass is 16.5. The Morgan fingerprint density at radius 2 is 1.81 bits per heavy atom. The molecular weight excluding hydrogens is 404 g/mol. The fraction of sp³-hybridized carbons (Fsp3) is 0.280. The molecule has 3 heterocycles. The molecule has 5 rings (SSSR count). The zero-order valence-corrected chi connectivity index (χ0v) is 17.9. The number of para-hydroxylation sites is 1. The highest BCUT2D eigenvalue weighted by Gasteiger charge is 2.16. The summed E-state index contributed by atoms with van der Waals surface area (Å²) in [4.78, 5) is 22.2. The van der Waals surface area contributed by atoms with Gasteiger partial charge in [-0.3, -0.25) is 9.69 Å². The van der Waals surface area contributed by atoms with Crippen molar-refractivity contribution in [1.82, 2.24) is 19.4 Å². The zero-order chi connectivity index (χ0) is 21.8. The highest BCUT2D eigenvalue weighted by Crippen LogP contribution is 2.30. The van der Waals surface area contributed by atoms with E-state index >= 15 is 0 Å². The third-order valence-electron chi connectivity index (χ3n) is 5.77. The van der Waals surface area contributed by atoms with Crippen LogP contribution in [0.1, 0.15) is 6.42 Å². The molecule has 0 aliphatic carbocycles. The van der Waals surface area contributed by atoms with E-state index in [1.165, 1.54) is 6.33 Å². The van der Waals surface area contributed by atoms with Crippen LogP contribution < -0.4 is 10.3 Å². The van der Waals surface area contributed by atoms with Gasteiger partial charge in [0.05, 0.1) is 26.1 Å². The first-order chi connectivity index (χ1) is 15.8. The summed E-state index contributed by atoms with van der Waals surface area (Å²) in [5.74, 6) is 0.841. The molecule has 0 radical (unpaired) electrons. The SMILES string of the molecule is O=c1[nH]cnc2c(-c3ccc(OCCCN4CCOCC4)cc3)cn(-c3ccccc3)c12. The molecule has 7 nitrogen and oxygen atoms in total. The molecule has 0 unspecified atom stereocenters. The Balaban J connectivity index is 1.33. The smallest absolute Gasteiger partial charge is 0.275 e. The first kappa shape index (κ1) is 20.5. The summed E-state index contributed by atoms with van der Waals surface area (Å²) in [6, 6.07) is 17.8. The largest absolute Gasteiger partial charge is 0.494 e. The van der Waals surface area contributed by atoms with Gasteiger partial charge in [0.25, 0.3) is 5.56 Å². The van der Waals surface area contributed by atoms with E-state index in [0.29, 0.717) is 17.6 Å². The highest BCUT2D eigenvalue weighted by molar-refractivity contribution is 5.93. The van der Waals surface area contributed by atoms with Crippen molar-refractivity contribution in [1.29, 1.82) is 0 Å². The number of aromatic nitrogens is 3. The third-order valence-corrected chi connectivity index (χ3v) is 5.77. The lowest BCUT2D eigenvalue weighted by molar-refractivity contribution is 0.0358. The van der Waals surface area contributed by atoms with Crippen LogP contribution in [-0.4, -0.2) is 58.9 Å². The third kappa shape index (κ3) is 4.30. The standard InChI is InChI=1S/C25H26N4O3/c30-25-24-23(26-18-27-25)22(17-29(24)20-5-2-1-3-6-20)19-7-9-21(10-8-19)32-14-4-11-28-12-15-31-16-13-28/h1-3,5-10,17-18H,4,11-16H2,(H,26,27,30). The van der Waals surface area contributed by atoms with Gasteiger partial charge in [-0.2, -0.15) is 0 Å². The average Bonchev–Trinajstić information content (AvgIpc) is 3.25. The van der Waals surface area contributed by atoms with E-state index in [9.17, 15) is 4.79 Å². The van der Waals surface area contributed by atoms with E-state index in [0.717, 1.165) is 61.8 Å². The Morgan fingerprint density at radius 1 is 1.03 bits per heavy atom. The van der Waals surface area contributed by atoms with E-state index in [4.69, 9.17) is 9.47 Å². The minimum Gasteiger partial charge on any atom is -0.494 e. The lowest BCUT2D eigenvalue weighted by atomic mass is 10.1. The Morgan fingerprint density at radius 3 is 2.59 bits per heavy atom. The molecule has 1 N–H and O–H groups in total. The summed E-state index contributed by atoms with van der Waals surface area (Å²) in [7, 11) is 0. The molecule has 164 valence electrons. The monoisotopic (exact) mass is 430 g/mol. The first-order valence-electron chi connectivity index (χ1n) is 11.0. The van der Waals surface area contributed by atoms with Crippen LogP contribution in [0.2, 0.25) is 0 Å². The molecule has 0 amide bonds. The quantitative estimate of drug-likeness (QED) is 0.455. The van der Waals surface area contributed by atoms with Crippen LogP contribution >= 0.6 is 0 Å². The van der Waals surface area contributed by atoms with E-state index < -0.39 is 0 Å². The predicted molar refractivity (Wildman–Crippen MR) is 124 cm³/mol. The number of benzene rings is 2. The summed E-state index contributed by atoms with van der Waals surface area (Å²) < 4.78 is 13.2. The molecule has 0 bridgehead atoms. The minimum absolute atomic E-state index is 0.162. The van der Waals surface area contributed by atoms with Crippen LogP contribution in [0.5, 0.6) is 5.75 Å². The molecule has 32 heavy (non-hydrogen) atoms. The van der Waals surface area contributed by atoms with Crippen molar-refractivity contribution < 1.29 is 9.47 Å².